The predicted octanol–water partition coefficient (Wildman–Crippen LogP) is 3.46. The maximum Gasteiger partial charge on any atom is 0.270 e. The topological polar surface area (TPSA) is 84.7 Å². The monoisotopic (exact) mass is 355 g/mol. The number of benzene rings is 2. The highest BCUT2D eigenvalue weighted by atomic mass is 16.6. The molecule has 3 rings (SSSR count). The third-order valence-corrected chi connectivity index (χ3v) is 4.44. The Balaban J connectivity index is 1.87. The lowest BCUT2D eigenvalue weighted by Gasteiger charge is -2.20. The van der Waals surface area contributed by atoms with Crippen LogP contribution in [0.15, 0.2) is 48.5 Å². The first-order valence-electron chi connectivity index (χ1n) is 8.53. The molecule has 0 radical (unpaired) electrons. The number of nitrogens with zero attached hydrogens (tertiary/aromatic N) is 2. The van der Waals surface area contributed by atoms with Gasteiger partial charge in [0, 0.05) is 43.7 Å². The molecule has 1 atom stereocenters. The zero-order valence-corrected chi connectivity index (χ0v) is 14.6. The molecular formula is C19H21N3O4. The zero-order chi connectivity index (χ0) is 18.5. The molecule has 2 aromatic carbocycles. The highest BCUT2D eigenvalue weighted by molar-refractivity contribution is 6.09. The molecule has 1 heterocycles. The van der Waals surface area contributed by atoms with E-state index in [-0.39, 0.29) is 23.3 Å². The average Bonchev–Trinajstić information content (AvgIpc) is 3.19. The Morgan fingerprint density at radius 2 is 2.08 bits per heavy atom. The van der Waals surface area contributed by atoms with Crippen LogP contribution >= 0.6 is 0 Å². The number of nitro groups is 1. The van der Waals surface area contributed by atoms with E-state index in [4.69, 9.17) is 4.74 Å². The molecule has 0 spiro atoms. The maximum absolute atomic E-state index is 13.0. The number of carbonyl (C=O) groups excluding carboxylic acids is 1. The van der Waals surface area contributed by atoms with Crippen molar-refractivity contribution in [1.82, 2.24) is 0 Å². The smallest absolute Gasteiger partial charge is 0.270 e. The number of rotatable bonds is 6. The van der Waals surface area contributed by atoms with Crippen LogP contribution < -0.4 is 10.2 Å². The van der Waals surface area contributed by atoms with Crippen LogP contribution in [0.5, 0.6) is 0 Å². The number of non-ortho nitro benzene ring substituents is 1. The molecule has 7 nitrogen and oxygen atoms in total. The summed E-state index contributed by atoms with van der Waals surface area (Å²) >= 11 is 0. The molecule has 7 heteroatoms. The first-order valence-corrected chi connectivity index (χ1v) is 8.53. The molecule has 1 fully saturated rings. The molecule has 0 aliphatic carbocycles. The van der Waals surface area contributed by atoms with E-state index < -0.39 is 4.92 Å². The van der Waals surface area contributed by atoms with Gasteiger partial charge >= 0.3 is 0 Å². The molecule has 0 saturated carbocycles. The number of anilines is 2. The molecule has 2 aromatic rings. The molecule has 1 N–H and O–H groups in total. The summed E-state index contributed by atoms with van der Waals surface area (Å²) in [5.41, 5.74) is 1.44. The van der Waals surface area contributed by atoms with Crippen LogP contribution in [0.2, 0.25) is 0 Å². The fraction of sp³-hybridized carbons (Fsp3) is 0.316. The zero-order valence-electron chi connectivity index (χ0n) is 14.6. The quantitative estimate of drug-likeness (QED) is 0.633. The van der Waals surface area contributed by atoms with E-state index in [0.717, 1.165) is 19.4 Å². The Morgan fingerprint density at radius 3 is 2.73 bits per heavy atom. The highest BCUT2D eigenvalue weighted by Crippen LogP contribution is 2.26. The summed E-state index contributed by atoms with van der Waals surface area (Å²) in [6.07, 6.45) is 2.09. The third kappa shape index (κ3) is 4.00. The normalized spacial score (nSPS) is 16.3. The molecular weight excluding hydrogens is 334 g/mol. The second-order valence-corrected chi connectivity index (χ2v) is 6.20. The van der Waals surface area contributed by atoms with Gasteiger partial charge in [0.15, 0.2) is 0 Å². The molecule has 1 saturated heterocycles. The summed E-state index contributed by atoms with van der Waals surface area (Å²) in [5.74, 6) is -0.310. The highest BCUT2D eigenvalue weighted by Gasteiger charge is 2.22. The van der Waals surface area contributed by atoms with Gasteiger partial charge in [-0.05, 0) is 31.0 Å². The minimum Gasteiger partial charge on any atom is -0.382 e. The number of nitro benzene ring substituents is 1. The van der Waals surface area contributed by atoms with Gasteiger partial charge in [0.05, 0.1) is 16.6 Å². The average molecular weight is 355 g/mol. The Bertz CT molecular complexity index is 789. The van der Waals surface area contributed by atoms with Crippen molar-refractivity contribution in [3.05, 3.63) is 64.2 Å². The molecule has 136 valence electrons. The third-order valence-electron chi connectivity index (χ3n) is 4.44. The second kappa shape index (κ2) is 7.97. The summed E-state index contributed by atoms with van der Waals surface area (Å²) in [4.78, 5) is 25.1. The second-order valence-electron chi connectivity index (χ2n) is 6.20. The van der Waals surface area contributed by atoms with Crippen LogP contribution in [0.3, 0.4) is 0 Å². The molecule has 1 amide bonds. The van der Waals surface area contributed by atoms with Crippen LogP contribution in [-0.4, -0.2) is 37.1 Å². The van der Waals surface area contributed by atoms with E-state index in [1.807, 2.05) is 30.3 Å². The lowest BCUT2D eigenvalue weighted by atomic mass is 10.1. The fourth-order valence-electron chi connectivity index (χ4n) is 2.96. The van der Waals surface area contributed by atoms with Crippen molar-refractivity contribution in [1.29, 1.82) is 0 Å². The number of hydrogen-bond acceptors (Lipinski definition) is 5. The molecule has 1 aliphatic rings. The molecule has 0 unspecified atom stereocenters. The lowest BCUT2D eigenvalue weighted by Crippen LogP contribution is -2.28. The number of nitrogens with one attached hydrogen (secondary N) is 1. The SMILES string of the molecule is CN(C(=O)c1cc([N+](=O)[O-])ccc1NC[C@@H]1CCCO1)c1ccccc1. The van der Waals surface area contributed by atoms with E-state index in [0.29, 0.717) is 17.9 Å². The number of para-hydroxylation sites is 1. The molecule has 26 heavy (non-hydrogen) atoms. The van der Waals surface area contributed by atoms with E-state index >= 15 is 0 Å². The van der Waals surface area contributed by atoms with Crippen molar-refractivity contribution in [3.63, 3.8) is 0 Å². The van der Waals surface area contributed by atoms with Crippen molar-refractivity contribution < 1.29 is 14.5 Å². The predicted molar refractivity (Wildman–Crippen MR) is 99.7 cm³/mol. The van der Waals surface area contributed by atoms with Gasteiger partial charge in [-0.1, -0.05) is 18.2 Å². The van der Waals surface area contributed by atoms with Crippen LogP contribution in [0.1, 0.15) is 23.2 Å². The van der Waals surface area contributed by atoms with E-state index in [2.05, 4.69) is 5.32 Å². The largest absolute Gasteiger partial charge is 0.382 e. The minimum absolute atomic E-state index is 0.0972. The number of carbonyl (C=O) groups is 1. The van der Waals surface area contributed by atoms with E-state index in [1.54, 1.807) is 13.1 Å². The van der Waals surface area contributed by atoms with Crippen molar-refractivity contribution >= 4 is 23.0 Å². The summed E-state index contributed by atoms with van der Waals surface area (Å²) in [7, 11) is 1.65. The molecule has 0 aromatic heterocycles. The first-order chi connectivity index (χ1) is 12.6. The van der Waals surface area contributed by atoms with Crippen LogP contribution in [0.4, 0.5) is 17.1 Å². The van der Waals surface area contributed by atoms with Gasteiger partial charge in [-0.3, -0.25) is 14.9 Å². The van der Waals surface area contributed by atoms with Gasteiger partial charge in [-0.2, -0.15) is 0 Å². The van der Waals surface area contributed by atoms with Crippen LogP contribution in [0.25, 0.3) is 0 Å². The van der Waals surface area contributed by atoms with Gasteiger partial charge in [-0.25, -0.2) is 0 Å². The number of hydrogen-bond donors (Lipinski definition) is 1. The van der Waals surface area contributed by atoms with Gasteiger partial charge < -0.3 is 15.0 Å². The lowest BCUT2D eigenvalue weighted by molar-refractivity contribution is -0.384. The minimum atomic E-state index is -0.497. The van der Waals surface area contributed by atoms with Crippen molar-refractivity contribution in [2.75, 3.05) is 30.4 Å². The first kappa shape index (κ1) is 17.9. The summed E-state index contributed by atoms with van der Waals surface area (Å²) in [6.45, 7) is 1.31. The Hall–Kier alpha value is -2.93. The van der Waals surface area contributed by atoms with Gasteiger partial charge in [0.1, 0.15) is 0 Å². The van der Waals surface area contributed by atoms with E-state index in [1.165, 1.54) is 17.0 Å². The van der Waals surface area contributed by atoms with Crippen LogP contribution in [0, 0.1) is 10.1 Å². The molecule has 1 aliphatic heterocycles. The Labute approximate surface area is 151 Å². The number of amides is 1. The summed E-state index contributed by atoms with van der Waals surface area (Å²) in [6, 6.07) is 13.5. The Kier molecular flexibility index (Phi) is 5.48. The Morgan fingerprint density at radius 1 is 1.31 bits per heavy atom. The molecule has 0 bridgehead atoms. The van der Waals surface area contributed by atoms with Crippen molar-refractivity contribution in [2.45, 2.75) is 18.9 Å². The van der Waals surface area contributed by atoms with E-state index in [9.17, 15) is 14.9 Å². The van der Waals surface area contributed by atoms with Crippen molar-refractivity contribution in [3.8, 4) is 0 Å². The van der Waals surface area contributed by atoms with Gasteiger partial charge in [-0.15, -0.1) is 0 Å². The summed E-state index contributed by atoms with van der Waals surface area (Å²) in [5, 5.41) is 14.3. The number of ether oxygens (including phenoxy) is 1. The van der Waals surface area contributed by atoms with Crippen molar-refractivity contribution in [2.24, 2.45) is 0 Å². The standard InChI is InChI=1S/C19H21N3O4/c1-21(14-6-3-2-4-7-14)19(23)17-12-15(22(24)25)9-10-18(17)20-13-16-8-5-11-26-16/h2-4,6-7,9-10,12,16,20H,5,8,11,13H2,1H3/t16-/m0/s1. The fourth-order valence-corrected chi connectivity index (χ4v) is 2.96. The maximum atomic E-state index is 13.0. The van der Waals surface area contributed by atoms with Gasteiger partial charge in [0.25, 0.3) is 11.6 Å². The van der Waals surface area contributed by atoms with Gasteiger partial charge in [0.2, 0.25) is 0 Å². The van der Waals surface area contributed by atoms with Crippen LogP contribution in [-0.2, 0) is 4.74 Å². The summed E-state index contributed by atoms with van der Waals surface area (Å²) < 4.78 is 5.59.